The molecule has 0 aromatic heterocycles. The molecule has 10 nitrogen and oxygen atoms in total. The second-order valence-electron chi connectivity index (χ2n) is 3.67. The van der Waals surface area contributed by atoms with Gasteiger partial charge in [-0.15, -0.1) is 0 Å². The van der Waals surface area contributed by atoms with Crippen LogP contribution in [0.2, 0.25) is 0 Å². The molecule has 0 aliphatic rings. The Morgan fingerprint density at radius 3 is 1.73 bits per heavy atom. The predicted molar refractivity (Wildman–Crippen MR) is 61.7 cm³/mol. The van der Waals surface area contributed by atoms with Crippen molar-refractivity contribution in [3.8, 4) is 0 Å². The zero-order chi connectivity index (χ0) is 17.3. The van der Waals surface area contributed by atoms with Crippen LogP contribution in [0.4, 0.5) is 5.69 Å². The van der Waals surface area contributed by atoms with E-state index in [1.807, 2.05) is 0 Å². The van der Waals surface area contributed by atoms with Gasteiger partial charge >= 0.3 is 0 Å². The summed E-state index contributed by atoms with van der Waals surface area (Å²) in [6.07, 6.45) is -1.14. The van der Waals surface area contributed by atoms with Crippen molar-refractivity contribution in [3.63, 3.8) is 0 Å². The van der Waals surface area contributed by atoms with Gasteiger partial charge in [0.15, 0.2) is 5.78 Å². The van der Waals surface area contributed by atoms with Gasteiger partial charge in [-0.05, 0) is 24.1 Å². The Kier molecular flexibility index (Phi) is 7.47. The van der Waals surface area contributed by atoms with E-state index in [1.54, 1.807) is 0 Å². The number of carbonyl (C=O) groups is 4. The number of aromatic carboxylic acids is 1. The van der Waals surface area contributed by atoms with Crippen LogP contribution >= 0.6 is 0 Å². The van der Waals surface area contributed by atoms with Gasteiger partial charge in [0.25, 0.3) is 5.69 Å². The molecule has 0 saturated heterocycles. The summed E-state index contributed by atoms with van der Waals surface area (Å²) in [6, 6.07) is 4.50. The maximum atomic E-state index is 10.2. The minimum absolute atomic E-state index is 0.0689. The maximum Gasteiger partial charge on any atom is 0.269 e. The number of hydrogen-bond acceptors (Lipinski definition) is 9. The molecule has 0 spiro atoms. The summed E-state index contributed by atoms with van der Waals surface area (Å²) >= 11 is 0. The van der Waals surface area contributed by atoms with E-state index in [1.165, 1.54) is 0 Å². The van der Waals surface area contributed by atoms with E-state index in [0.717, 1.165) is 24.3 Å². The van der Waals surface area contributed by atoms with E-state index < -0.39 is 41.5 Å². The molecule has 0 radical (unpaired) electrons. The van der Waals surface area contributed by atoms with Crippen molar-refractivity contribution in [2.75, 3.05) is 0 Å². The van der Waals surface area contributed by atoms with Gasteiger partial charge in [0, 0.05) is 24.5 Å². The molecule has 10 heteroatoms. The molecule has 0 N–H and O–H groups in total. The first kappa shape index (κ1) is 18.7. The highest BCUT2D eigenvalue weighted by Gasteiger charge is 2.03. The lowest BCUT2D eigenvalue weighted by molar-refractivity contribution is -0.384. The van der Waals surface area contributed by atoms with Crippen LogP contribution in [0.25, 0.3) is 0 Å². The highest BCUT2D eigenvalue weighted by molar-refractivity contribution is 6.31. The first-order valence-corrected chi connectivity index (χ1v) is 5.55. The van der Waals surface area contributed by atoms with E-state index in [9.17, 15) is 44.6 Å². The van der Waals surface area contributed by atoms with Gasteiger partial charge in [0.05, 0.1) is 10.9 Å². The fourth-order valence-electron chi connectivity index (χ4n) is 1.04. The number of benzene rings is 1. The molecule has 22 heavy (non-hydrogen) atoms. The number of aliphatic carboxylic acids is 2. The van der Waals surface area contributed by atoms with Crippen molar-refractivity contribution in [1.82, 2.24) is 0 Å². The average molecular weight is 310 g/mol. The smallest absolute Gasteiger partial charge is 0.269 e. The number of hydrogen-bond donors (Lipinski definition) is 0. The van der Waals surface area contributed by atoms with Gasteiger partial charge in [0.1, 0.15) is 5.97 Å². The van der Waals surface area contributed by atoms with Crippen LogP contribution in [0.3, 0.4) is 0 Å². The molecule has 1 rings (SSSR count). The van der Waals surface area contributed by atoms with Crippen molar-refractivity contribution in [1.29, 1.82) is 0 Å². The van der Waals surface area contributed by atoms with Crippen LogP contribution in [-0.4, -0.2) is 28.6 Å². The fourth-order valence-corrected chi connectivity index (χ4v) is 1.04. The summed E-state index contributed by atoms with van der Waals surface area (Å²) in [4.78, 5) is 49.1. The van der Waals surface area contributed by atoms with Crippen LogP contribution in [0.1, 0.15) is 23.2 Å². The van der Waals surface area contributed by atoms with Crippen molar-refractivity contribution >= 4 is 29.4 Å². The Hall–Kier alpha value is -3.30. The molecule has 118 valence electrons. The maximum absolute atomic E-state index is 10.2. The second kappa shape index (κ2) is 8.79. The van der Waals surface area contributed by atoms with Gasteiger partial charge in [-0.25, -0.2) is 0 Å². The monoisotopic (exact) mass is 310 g/mol. The number of carboxylic acid groups (broad SMARTS) is 3. The van der Waals surface area contributed by atoms with Gasteiger partial charge in [-0.3, -0.25) is 14.9 Å². The molecule has 0 aliphatic heterocycles. The summed E-state index contributed by atoms with van der Waals surface area (Å²) < 4.78 is 0. The molecule has 0 saturated carbocycles. The Morgan fingerprint density at radius 1 is 0.909 bits per heavy atom. The van der Waals surface area contributed by atoms with Crippen LogP contribution in [0.15, 0.2) is 24.3 Å². The molecule has 0 fully saturated rings. The van der Waals surface area contributed by atoms with Crippen molar-refractivity contribution in [2.24, 2.45) is 0 Å². The molecule has 1 aromatic rings. The minimum atomic E-state index is -1.86. The normalized spacial score (nSPS) is 9.09. The minimum Gasteiger partial charge on any atom is -0.550 e. The summed E-state index contributed by atoms with van der Waals surface area (Å²) in [5.41, 5.74) is -0.208. The molecular formula is C12H8NO9-3. The van der Waals surface area contributed by atoms with Gasteiger partial charge in [-0.1, -0.05) is 0 Å². The first-order chi connectivity index (χ1) is 10.1. The number of Topliss-reactive ketones (excluding diaryl/α,β-unsaturated/α-hetero) is 1. The van der Waals surface area contributed by atoms with Gasteiger partial charge in [-0.2, -0.15) is 0 Å². The Labute approximate surface area is 122 Å². The van der Waals surface area contributed by atoms with E-state index in [2.05, 4.69) is 0 Å². The van der Waals surface area contributed by atoms with Crippen molar-refractivity contribution in [2.45, 2.75) is 12.8 Å². The predicted octanol–water partition coefficient (Wildman–Crippen LogP) is -3.21. The Bertz CT molecular complexity index is 558. The van der Waals surface area contributed by atoms with Crippen LogP contribution in [0, 0.1) is 10.1 Å². The molecule has 0 heterocycles. The zero-order valence-electron chi connectivity index (χ0n) is 10.8. The summed E-state index contributed by atoms with van der Waals surface area (Å²) in [5, 5.41) is 39.6. The number of non-ortho nitro benzene ring substituents is 1. The van der Waals surface area contributed by atoms with E-state index in [4.69, 9.17) is 0 Å². The second-order valence-corrected chi connectivity index (χ2v) is 3.67. The SMILES string of the molecule is O=C([O-])CCC(=O)C(=O)[O-].O=C([O-])c1ccc([N+](=O)[O-])cc1. The first-order valence-electron chi connectivity index (χ1n) is 5.55. The summed E-state index contributed by atoms with van der Waals surface area (Å²) in [5.74, 6) is -5.87. The third kappa shape index (κ3) is 7.33. The number of nitrogens with zero attached hydrogens (tertiary/aromatic N) is 1. The molecule has 0 aliphatic carbocycles. The van der Waals surface area contributed by atoms with E-state index >= 15 is 0 Å². The molecule has 1 aromatic carbocycles. The number of nitro benzene ring substituents is 1. The number of nitro groups is 1. The summed E-state index contributed by atoms with van der Waals surface area (Å²) in [7, 11) is 0. The highest BCUT2D eigenvalue weighted by atomic mass is 16.6. The lowest BCUT2D eigenvalue weighted by Crippen LogP contribution is -2.33. The Morgan fingerprint density at radius 2 is 1.41 bits per heavy atom. The highest BCUT2D eigenvalue weighted by Crippen LogP contribution is 2.10. The number of rotatable bonds is 6. The third-order valence-electron chi connectivity index (χ3n) is 2.10. The van der Waals surface area contributed by atoms with E-state index in [0.29, 0.717) is 0 Å². The molecule has 0 amide bonds. The summed E-state index contributed by atoms with van der Waals surface area (Å²) in [6.45, 7) is 0. The average Bonchev–Trinajstić information content (AvgIpc) is 2.45. The molecule has 0 unspecified atom stereocenters. The lowest BCUT2D eigenvalue weighted by atomic mass is 10.2. The topological polar surface area (TPSA) is 181 Å². The standard InChI is InChI=1S/C7H5NO4.C5H6O5/c9-7(10)5-1-3-6(4-2-5)8(11)12;6-3(5(9)10)1-2-4(7)8/h1-4H,(H,9,10);1-2H2,(H,7,8)(H,9,10)/p-3. The molecule has 0 bridgehead atoms. The van der Waals surface area contributed by atoms with Crippen molar-refractivity contribution < 1.29 is 39.4 Å². The molecule has 0 atom stereocenters. The lowest BCUT2D eigenvalue weighted by Gasteiger charge is -2.00. The van der Waals surface area contributed by atoms with Crippen LogP contribution in [-0.2, 0) is 14.4 Å². The molecular weight excluding hydrogens is 302 g/mol. The number of ketones is 1. The largest absolute Gasteiger partial charge is 0.550 e. The van der Waals surface area contributed by atoms with Crippen molar-refractivity contribution in [3.05, 3.63) is 39.9 Å². The Balaban J connectivity index is 0.000000409. The fraction of sp³-hybridized carbons (Fsp3) is 0.167. The van der Waals surface area contributed by atoms with Gasteiger partial charge < -0.3 is 29.7 Å². The third-order valence-corrected chi connectivity index (χ3v) is 2.10. The van der Waals surface area contributed by atoms with Crippen LogP contribution < -0.4 is 15.3 Å². The number of carboxylic acids is 3. The van der Waals surface area contributed by atoms with Crippen LogP contribution in [0.5, 0.6) is 0 Å². The number of carbonyl (C=O) groups excluding carboxylic acids is 4. The quantitative estimate of drug-likeness (QED) is 0.296. The van der Waals surface area contributed by atoms with E-state index in [-0.39, 0.29) is 11.3 Å². The van der Waals surface area contributed by atoms with Gasteiger partial charge in [0.2, 0.25) is 0 Å². The zero-order valence-corrected chi connectivity index (χ0v) is 10.8.